The summed E-state index contributed by atoms with van der Waals surface area (Å²) in [6.45, 7) is 2.16. The summed E-state index contributed by atoms with van der Waals surface area (Å²) in [6.07, 6.45) is 2.91. The molecule has 0 saturated heterocycles. The van der Waals surface area contributed by atoms with Crippen molar-refractivity contribution in [2.45, 2.75) is 12.8 Å². The van der Waals surface area contributed by atoms with Crippen LogP contribution in [0, 0.1) is 0 Å². The second-order valence-corrected chi connectivity index (χ2v) is 6.20. The van der Waals surface area contributed by atoms with E-state index in [9.17, 15) is 8.42 Å². The van der Waals surface area contributed by atoms with Crippen LogP contribution >= 0.6 is 0 Å². The molecule has 6 heteroatoms. The standard InChI is InChI=1S/C13H22N2O3S/c1-18-13-6-4-12(5-7-13)8-11-14-9-3-10-15-19(2,16)17/h4-7,14-15H,3,8-11H2,1-2H3. The summed E-state index contributed by atoms with van der Waals surface area (Å²) in [5.41, 5.74) is 1.25. The first-order valence-electron chi connectivity index (χ1n) is 6.29. The Labute approximate surface area is 115 Å². The van der Waals surface area contributed by atoms with Crippen molar-refractivity contribution < 1.29 is 13.2 Å². The van der Waals surface area contributed by atoms with Crippen LogP contribution in [-0.4, -0.2) is 41.4 Å². The number of nitrogens with one attached hydrogen (secondary N) is 2. The van der Waals surface area contributed by atoms with Gasteiger partial charge in [0.15, 0.2) is 0 Å². The van der Waals surface area contributed by atoms with E-state index in [0.717, 1.165) is 31.7 Å². The largest absolute Gasteiger partial charge is 0.497 e. The highest BCUT2D eigenvalue weighted by molar-refractivity contribution is 7.88. The minimum Gasteiger partial charge on any atom is -0.497 e. The normalized spacial score (nSPS) is 11.5. The molecule has 0 heterocycles. The fourth-order valence-corrected chi connectivity index (χ4v) is 2.14. The van der Waals surface area contributed by atoms with E-state index >= 15 is 0 Å². The lowest BCUT2D eigenvalue weighted by atomic mass is 10.1. The van der Waals surface area contributed by atoms with Crippen molar-refractivity contribution >= 4 is 10.0 Å². The van der Waals surface area contributed by atoms with E-state index < -0.39 is 10.0 Å². The maximum absolute atomic E-state index is 10.8. The highest BCUT2D eigenvalue weighted by Crippen LogP contribution is 2.11. The molecule has 0 spiro atoms. The second kappa shape index (κ2) is 8.14. The Balaban J connectivity index is 2.07. The van der Waals surface area contributed by atoms with Crippen LogP contribution < -0.4 is 14.8 Å². The minimum atomic E-state index is -3.06. The van der Waals surface area contributed by atoms with Crippen LogP contribution in [0.4, 0.5) is 0 Å². The molecule has 0 aliphatic heterocycles. The summed E-state index contributed by atoms with van der Waals surface area (Å²) in [4.78, 5) is 0. The average molecular weight is 286 g/mol. The number of ether oxygens (including phenoxy) is 1. The topological polar surface area (TPSA) is 67.4 Å². The van der Waals surface area contributed by atoms with Gasteiger partial charge >= 0.3 is 0 Å². The number of methoxy groups -OCH3 is 1. The number of rotatable bonds is 9. The van der Waals surface area contributed by atoms with Gasteiger partial charge in [-0.15, -0.1) is 0 Å². The molecular weight excluding hydrogens is 264 g/mol. The van der Waals surface area contributed by atoms with Crippen LogP contribution in [0.1, 0.15) is 12.0 Å². The number of hydrogen-bond donors (Lipinski definition) is 2. The third-order valence-corrected chi connectivity index (χ3v) is 3.37. The molecule has 1 aromatic rings. The highest BCUT2D eigenvalue weighted by atomic mass is 32.2. The van der Waals surface area contributed by atoms with E-state index in [-0.39, 0.29) is 0 Å². The van der Waals surface area contributed by atoms with Gasteiger partial charge in [-0.05, 0) is 43.6 Å². The molecule has 0 bridgehead atoms. The van der Waals surface area contributed by atoms with Crippen LogP contribution in [0.25, 0.3) is 0 Å². The molecule has 108 valence electrons. The molecule has 0 aliphatic rings. The fraction of sp³-hybridized carbons (Fsp3) is 0.538. The first-order chi connectivity index (χ1) is 9.01. The Morgan fingerprint density at radius 3 is 2.37 bits per heavy atom. The van der Waals surface area contributed by atoms with Crippen LogP contribution in [0.3, 0.4) is 0 Å². The van der Waals surface area contributed by atoms with E-state index in [1.165, 1.54) is 11.8 Å². The molecule has 0 aliphatic carbocycles. The smallest absolute Gasteiger partial charge is 0.208 e. The van der Waals surface area contributed by atoms with Crippen molar-refractivity contribution in [2.24, 2.45) is 0 Å². The lowest BCUT2D eigenvalue weighted by molar-refractivity contribution is 0.414. The molecule has 0 amide bonds. The zero-order chi connectivity index (χ0) is 14.1. The van der Waals surface area contributed by atoms with Crippen molar-refractivity contribution in [3.05, 3.63) is 29.8 Å². The van der Waals surface area contributed by atoms with Crippen molar-refractivity contribution in [2.75, 3.05) is 33.0 Å². The van der Waals surface area contributed by atoms with Crippen molar-refractivity contribution in [1.29, 1.82) is 0 Å². The first kappa shape index (κ1) is 15.9. The van der Waals surface area contributed by atoms with Crippen LogP contribution in [0.5, 0.6) is 5.75 Å². The van der Waals surface area contributed by atoms with Gasteiger partial charge in [-0.2, -0.15) is 0 Å². The van der Waals surface area contributed by atoms with Gasteiger partial charge in [-0.25, -0.2) is 13.1 Å². The summed E-state index contributed by atoms with van der Waals surface area (Å²) in [5.74, 6) is 0.864. The third kappa shape index (κ3) is 7.81. The Morgan fingerprint density at radius 2 is 1.79 bits per heavy atom. The fourth-order valence-electron chi connectivity index (χ4n) is 1.62. The molecule has 0 saturated carbocycles. The van der Waals surface area contributed by atoms with Crippen LogP contribution in [-0.2, 0) is 16.4 Å². The van der Waals surface area contributed by atoms with Gasteiger partial charge in [0.05, 0.1) is 13.4 Å². The second-order valence-electron chi connectivity index (χ2n) is 4.37. The summed E-state index contributed by atoms with van der Waals surface area (Å²) in [5, 5.41) is 3.28. The lowest BCUT2D eigenvalue weighted by Crippen LogP contribution is -2.27. The van der Waals surface area contributed by atoms with E-state index in [1.807, 2.05) is 24.3 Å². The van der Waals surface area contributed by atoms with Gasteiger partial charge in [-0.3, -0.25) is 0 Å². The van der Waals surface area contributed by atoms with E-state index in [4.69, 9.17) is 4.74 Å². The van der Waals surface area contributed by atoms with Crippen LogP contribution in [0.2, 0.25) is 0 Å². The summed E-state index contributed by atoms with van der Waals surface area (Å²) >= 11 is 0. The third-order valence-electron chi connectivity index (χ3n) is 2.64. The molecule has 0 aromatic heterocycles. The molecule has 2 N–H and O–H groups in total. The van der Waals surface area contributed by atoms with Crippen molar-refractivity contribution in [1.82, 2.24) is 10.0 Å². The summed E-state index contributed by atoms with van der Waals surface area (Å²) in [7, 11) is -1.40. The molecule has 0 atom stereocenters. The summed E-state index contributed by atoms with van der Waals surface area (Å²) < 4.78 is 29.2. The average Bonchev–Trinajstić information content (AvgIpc) is 2.37. The van der Waals surface area contributed by atoms with Gasteiger partial charge in [0.2, 0.25) is 10.0 Å². The highest BCUT2D eigenvalue weighted by Gasteiger charge is 1.98. The van der Waals surface area contributed by atoms with Gasteiger partial charge in [0.25, 0.3) is 0 Å². The quantitative estimate of drug-likeness (QED) is 0.658. The SMILES string of the molecule is COc1ccc(CCNCCCNS(C)(=O)=O)cc1. The molecule has 19 heavy (non-hydrogen) atoms. The Morgan fingerprint density at radius 1 is 1.11 bits per heavy atom. The van der Waals surface area contributed by atoms with Gasteiger partial charge in [0, 0.05) is 6.54 Å². The molecular formula is C13H22N2O3S. The number of benzene rings is 1. The maximum Gasteiger partial charge on any atom is 0.208 e. The molecule has 1 aromatic carbocycles. The van der Waals surface area contributed by atoms with Gasteiger partial charge < -0.3 is 10.1 Å². The van der Waals surface area contributed by atoms with Crippen molar-refractivity contribution in [3.8, 4) is 5.75 Å². The zero-order valence-corrected chi connectivity index (χ0v) is 12.3. The van der Waals surface area contributed by atoms with Crippen LogP contribution in [0.15, 0.2) is 24.3 Å². The Bertz CT molecular complexity index is 457. The predicted octanol–water partition coefficient (Wildman–Crippen LogP) is 0.767. The van der Waals surface area contributed by atoms with Crippen molar-refractivity contribution in [3.63, 3.8) is 0 Å². The van der Waals surface area contributed by atoms with Gasteiger partial charge in [-0.1, -0.05) is 12.1 Å². The number of hydrogen-bond acceptors (Lipinski definition) is 4. The first-order valence-corrected chi connectivity index (χ1v) is 8.19. The zero-order valence-electron chi connectivity index (χ0n) is 11.5. The maximum atomic E-state index is 10.8. The minimum absolute atomic E-state index is 0.481. The molecule has 0 radical (unpaired) electrons. The number of sulfonamides is 1. The molecule has 5 nitrogen and oxygen atoms in total. The molecule has 0 fully saturated rings. The summed E-state index contributed by atoms with van der Waals surface area (Å²) in [6, 6.07) is 7.99. The van der Waals surface area contributed by atoms with E-state index in [1.54, 1.807) is 7.11 Å². The monoisotopic (exact) mass is 286 g/mol. The van der Waals surface area contributed by atoms with E-state index in [2.05, 4.69) is 10.0 Å². The Kier molecular flexibility index (Phi) is 6.83. The molecule has 0 unspecified atom stereocenters. The lowest BCUT2D eigenvalue weighted by Gasteiger charge is -2.06. The van der Waals surface area contributed by atoms with E-state index in [0.29, 0.717) is 6.54 Å². The predicted molar refractivity (Wildman–Crippen MR) is 77.0 cm³/mol. The Hall–Kier alpha value is -1.11. The molecule has 1 rings (SSSR count). The van der Waals surface area contributed by atoms with Gasteiger partial charge in [0.1, 0.15) is 5.75 Å².